The molecule has 0 fully saturated rings. The maximum Gasteiger partial charge on any atom is 0.411 e. The van der Waals surface area contributed by atoms with Crippen LogP contribution in [0.1, 0.15) is 29.8 Å². The SMILES string of the molecule is COCCOC(=O)Nc1cccc(NC(=O)C(NC(=O)c2ccccc2C)C(C)C)c1. The molecule has 2 rings (SSSR count). The van der Waals surface area contributed by atoms with Gasteiger partial charge in [-0.15, -0.1) is 0 Å². The van der Waals surface area contributed by atoms with Crippen LogP contribution in [0.3, 0.4) is 0 Å². The molecule has 1 atom stereocenters. The van der Waals surface area contributed by atoms with Gasteiger partial charge in [0, 0.05) is 24.0 Å². The molecule has 166 valence electrons. The normalized spacial score (nSPS) is 11.5. The lowest BCUT2D eigenvalue weighted by Gasteiger charge is -2.22. The van der Waals surface area contributed by atoms with Crippen molar-refractivity contribution in [3.05, 3.63) is 59.7 Å². The second kappa shape index (κ2) is 11.7. The van der Waals surface area contributed by atoms with Crippen molar-refractivity contribution in [1.82, 2.24) is 5.32 Å². The highest BCUT2D eigenvalue weighted by Gasteiger charge is 2.25. The highest BCUT2D eigenvalue weighted by Crippen LogP contribution is 2.17. The number of carbonyl (C=O) groups is 3. The zero-order valence-electron chi connectivity index (χ0n) is 18.2. The van der Waals surface area contributed by atoms with Crippen molar-refractivity contribution in [2.45, 2.75) is 26.8 Å². The Morgan fingerprint density at radius 3 is 2.26 bits per heavy atom. The van der Waals surface area contributed by atoms with E-state index in [1.165, 1.54) is 7.11 Å². The summed E-state index contributed by atoms with van der Waals surface area (Å²) in [6, 6.07) is 13.1. The molecule has 8 heteroatoms. The number of ether oxygens (including phenoxy) is 2. The van der Waals surface area contributed by atoms with Gasteiger partial charge in [-0.2, -0.15) is 0 Å². The van der Waals surface area contributed by atoms with Crippen LogP contribution in [0.5, 0.6) is 0 Å². The molecule has 3 N–H and O–H groups in total. The number of anilines is 2. The molecule has 0 aliphatic rings. The van der Waals surface area contributed by atoms with Crippen LogP contribution >= 0.6 is 0 Å². The maximum atomic E-state index is 12.9. The Morgan fingerprint density at radius 1 is 0.935 bits per heavy atom. The maximum absolute atomic E-state index is 12.9. The number of rotatable bonds is 9. The summed E-state index contributed by atoms with van der Waals surface area (Å²) >= 11 is 0. The molecule has 2 aromatic carbocycles. The fourth-order valence-electron chi connectivity index (χ4n) is 2.85. The summed E-state index contributed by atoms with van der Waals surface area (Å²) < 4.78 is 9.79. The first-order chi connectivity index (χ1) is 14.8. The Bertz CT molecular complexity index is 914. The molecule has 0 bridgehead atoms. The van der Waals surface area contributed by atoms with Crippen LogP contribution in [-0.2, 0) is 14.3 Å². The molecule has 0 saturated heterocycles. The number of carbonyl (C=O) groups excluding carboxylic acids is 3. The Labute approximate surface area is 182 Å². The van der Waals surface area contributed by atoms with Crippen LogP contribution in [0.2, 0.25) is 0 Å². The van der Waals surface area contributed by atoms with Gasteiger partial charge in [-0.25, -0.2) is 4.79 Å². The zero-order valence-corrected chi connectivity index (χ0v) is 18.2. The monoisotopic (exact) mass is 427 g/mol. The van der Waals surface area contributed by atoms with Gasteiger partial charge in [0.15, 0.2) is 0 Å². The van der Waals surface area contributed by atoms with Crippen molar-refractivity contribution < 1.29 is 23.9 Å². The molecule has 31 heavy (non-hydrogen) atoms. The fourth-order valence-corrected chi connectivity index (χ4v) is 2.85. The van der Waals surface area contributed by atoms with Crippen molar-refractivity contribution in [1.29, 1.82) is 0 Å². The number of hydrogen-bond donors (Lipinski definition) is 3. The molecule has 0 aliphatic heterocycles. The summed E-state index contributed by atoms with van der Waals surface area (Å²) in [6.07, 6.45) is -0.619. The summed E-state index contributed by atoms with van der Waals surface area (Å²) in [5, 5.41) is 8.20. The standard InChI is InChI=1S/C23H29N3O5/c1-15(2)20(26-21(27)19-11-6-5-8-16(19)3)22(28)24-17-9-7-10-18(14-17)25-23(29)31-13-12-30-4/h5-11,14-15,20H,12-13H2,1-4H3,(H,24,28)(H,25,29)(H,26,27). The third-order valence-corrected chi connectivity index (χ3v) is 4.52. The number of hydrogen-bond acceptors (Lipinski definition) is 5. The van der Waals surface area contributed by atoms with E-state index >= 15 is 0 Å². The summed E-state index contributed by atoms with van der Waals surface area (Å²) in [5.41, 5.74) is 2.30. The minimum atomic E-state index is -0.734. The molecule has 0 aromatic heterocycles. The van der Waals surface area contributed by atoms with Crippen molar-refractivity contribution in [2.75, 3.05) is 31.0 Å². The molecule has 8 nitrogen and oxygen atoms in total. The van der Waals surface area contributed by atoms with Gasteiger partial charge < -0.3 is 20.1 Å². The second-order valence-electron chi connectivity index (χ2n) is 7.33. The van der Waals surface area contributed by atoms with E-state index in [2.05, 4.69) is 16.0 Å². The average molecular weight is 428 g/mol. The predicted molar refractivity (Wildman–Crippen MR) is 119 cm³/mol. The highest BCUT2D eigenvalue weighted by atomic mass is 16.6. The Morgan fingerprint density at radius 2 is 1.61 bits per heavy atom. The van der Waals surface area contributed by atoms with Gasteiger partial charge in [-0.05, 0) is 42.7 Å². The predicted octanol–water partition coefficient (Wildman–Crippen LogP) is 3.58. The van der Waals surface area contributed by atoms with E-state index in [1.807, 2.05) is 32.9 Å². The van der Waals surface area contributed by atoms with Crippen molar-refractivity contribution >= 4 is 29.3 Å². The first-order valence-electron chi connectivity index (χ1n) is 10.0. The Balaban J connectivity index is 2.03. The molecule has 0 saturated carbocycles. The fraction of sp³-hybridized carbons (Fsp3) is 0.348. The van der Waals surface area contributed by atoms with E-state index in [9.17, 15) is 14.4 Å². The topological polar surface area (TPSA) is 106 Å². The summed E-state index contributed by atoms with van der Waals surface area (Å²) in [4.78, 5) is 37.3. The van der Waals surface area contributed by atoms with Gasteiger partial charge in [0.2, 0.25) is 5.91 Å². The van der Waals surface area contributed by atoms with E-state index in [1.54, 1.807) is 36.4 Å². The van der Waals surface area contributed by atoms with E-state index < -0.39 is 12.1 Å². The number of aryl methyl sites for hydroxylation is 1. The van der Waals surface area contributed by atoms with Gasteiger partial charge in [0.05, 0.1) is 6.61 Å². The van der Waals surface area contributed by atoms with Crippen LogP contribution in [0, 0.1) is 12.8 Å². The van der Waals surface area contributed by atoms with Crippen LogP contribution in [-0.4, -0.2) is 44.3 Å². The lowest BCUT2D eigenvalue weighted by molar-refractivity contribution is -0.118. The van der Waals surface area contributed by atoms with Crippen LogP contribution in [0.4, 0.5) is 16.2 Å². The number of amides is 3. The minimum Gasteiger partial charge on any atom is -0.447 e. The van der Waals surface area contributed by atoms with Crippen molar-refractivity contribution in [3.63, 3.8) is 0 Å². The number of methoxy groups -OCH3 is 1. The minimum absolute atomic E-state index is 0.134. The van der Waals surface area contributed by atoms with Crippen LogP contribution in [0.15, 0.2) is 48.5 Å². The van der Waals surface area contributed by atoms with Crippen molar-refractivity contribution in [2.24, 2.45) is 5.92 Å². The van der Waals surface area contributed by atoms with Gasteiger partial charge >= 0.3 is 6.09 Å². The van der Waals surface area contributed by atoms with E-state index in [0.717, 1.165) is 5.56 Å². The summed E-state index contributed by atoms with van der Waals surface area (Å²) in [7, 11) is 1.52. The van der Waals surface area contributed by atoms with Crippen LogP contribution in [0.25, 0.3) is 0 Å². The highest BCUT2D eigenvalue weighted by molar-refractivity contribution is 6.02. The Kier molecular flexibility index (Phi) is 9.02. The first kappa shape index (κ1) is 23.9. The van der Waals surface area contributed by atoms with Gasteiger partial charge in [-0.1, -0.05) is 38.1 Å². The average Bonchev–Trinajstić information content (AvgIpc) is 2.72. The zero-order chi connectivity index (χ0) is 22.8. The number of benzene rings is 2. The number of nitrogens with one attached hydrogen (secondary N) is 3. The molecule has 0 spiro atoms. The van der Waals surface area contributed by atoms with Gasteiger partial charge in [0.25, 0.3) is 5.91 Å². The summed E-state index contributed by atoms with van der Waals surface area (Å²) in [5.74, 6) is -0.789. The van der Waals surface area contributed by atoms with Crippen LogP contribution < -0.4 is 16.0 Å². The van der Waals surface area contributed by atoms with E-state index in [4.69, 9.17) is 9.47 Å². The quantitative estimate of drug-likeness (QED) is 0.531. The van der Waals surface area contributed by atoms with E-state index in [-0.39, 0.29) is 24.3 Å². The molecule has 0 aliphatic carbocycles. The van der Waals surface area contributed by atoms with Crippen molar-refractivity contribution in [3.8, 4) is 0 Å². The molecular formula is C23H29N3O5. The van der Waals surface area contributed by atoms with Gasteiger partial charge in [-0.3, -0.25) is 14.9 Å². The third-order valence-electron chi connectivity index (χ3n) is 4.52. The lowest BCUT2D eigenvalue weighted by Crippen LogP contribution is -2.47. The Hall–Kier alpha value is -3.39. The second-order valence-corrected chi connectivity index (χ2v) is 7.33. The molecule has 3 amide bonds. The lowest BCUT2D eigenvalue weighted by atomic mass is 10.0. The third kappa shape index (κ3) is 7.42. The smallest absolute Gasteiger partial charge is 0.411 e. The largest absolute Gasteiger partial charge is 0.447 e. The van der Waals surface area contributed by atoms with Gasteiger partial charge in [0.1, 0.15) is 12.6 Å². The van der Waals surface area contributed by atoms with E-state index in [0.29, 0.717) is 23.5 Å². The summed E-state index contributed by atoms with van der Waals surface area (Å²) in [6.45, 7) is 5.99. The molecule has 2 aromatic rings. The molecular weight excluding hydrogens is 398 g/mol. The molecule has 0 heterocycles. The first-order valence-corrected chi connectivity index (χ1v) is 10.0. The molecule has 0 radical (unpaired) electrons. The molecule has 1 unspecified atom stereocenters.